The molecule has 1 rings (SSSR count). The average molecular weight is 227 g/mol. The summed E-state index contributed by atoms with van der Waals surface area (Å²) in [5.41, 5.74) is 0.184. The van der Waals surface area contributed by atoms with E-state index in [1.807, 2.05) is 0 Å². The molecule has 94 valence electrons. The number of carbonyl (C=O) groups is 1. The minimum atomic E-state index is -0.184. The van der Waals surface area contributed by atoms with E-state index in [-0.39, 0.29) is 23.3 Å². The predicted octanol–water partition coefficient (Wildman–Crippen LogP) is 2.09. The maximum Gasteiger partial charge on any atom is 0.223 e. The number of amides is 1. The van der Waals surface area contributed by atoms with Gasteiger partial charge in [0.25, 0.3) is 0 Å². The summed E-state index contributed by atoms with van der Waals surface area (Å²) in [4.78, 5) is 11.9. The molecule has 0 aromatic rings. The van der Waals surface area contributed by atoms with Crippen LogP contribution in [-0.4, -0.2) is 23.7 Å². The van der Waals surface area contributed by atoms with E-state index >= 15 is 0 Å². The van der Waals surface area contributed by atoms with Crippen LogP contribution in [0.5, 0.6) is 0 Å². The van der Waals surface area contributed by atoms with Crippen molar-refractivity contribution in [3.8, 4) is 0 Å². The van der Waals surface area contributed by atoms with Gasteiger partial charge in [0.05, 0.1) is 6.10 Å². The first-order valence-corrected chi connectivity index (χ1v) is 6.40. The summed E-state index contributed by atoms with van der Waals surface area (Å²) in [6, 6.07) is 0. The molecule has 0 aliphatic heterocycles. The van der Waals surface area contributed by atoms with Gasteiger partial charge in [0, 0.05) is 12.5 Å². The number of hydrogen-bond donors (Lipinski definition) is 2. The first kappa shape index (κ1) is 13.5. The second kappa shape index (κ2) is 5.67. The van der Waals surface area contributed by atoms with Gasteiger partial charge in [-0.2, -0.15) is 0 Å². The molecule has 3 heteroatoms. The number of carbonyl (C=O) groups excluding carboxylic acids is 1. The molecule has 0 aromatic carbocycles. The van der Waals surface area contributed by atoms with Crippen LogP contribution in [0.2, 0.25) is 0 Å². The van der Waals surface area contributed by atoms with E-state index in [1.165, 1.54) is 0 Å². The fourth-order valence-electron chi connectivity index (χ4n) is 1.93. The standard InChI is InChI=1S/C13H25NO2/c1-4-13(2,3)9-14-12(16)10-5-7-11(15)8-6-10/h10-11,15H,4-9H2,1-3H3,(H,14,16). The van der Waals surface area contributed by atoms with Crippen LogP contribution >= 0.6 is 0 Å². The van der Waals surface area contributed by atoms with Crippen molar-refractivity contribution < 1.29 is 9.90 Å². The lowest BCUT2D eigenvalue weighted by Gasteiger charge is -2.27. The molecule has 0 unspecified atom stereocenters. The topological polar surface area (TPSA) is 49.3 Å². The third-order valence-corrected chi connectivity index (χ3v) is 3.77. The van der Waals surface area contributed by atoms with Gasteiger partial charge in [-0.15, -0.1) is 0 Å². The van der Waals surface area contributed by atoms with Gasteiger partial charge in [-0.3, -0.25) is 4.79 Å². The molecule has 1 fully saturated rings. The zero-order valence-corrected chi connectivity index (χ0v) is 10.8. The summed E-state index contributed by atoms with van der Waals surface area (Å²) >= 11 is 0. The number of aliphatic hydroxyl groups is 1. The smallest absolute Gasteiger partial charge is 0.223 e. The van der Waals surface area contributed by atoms with Crippen LogP contribution in [0.3, 0.4) is 0 Å². The van der Waals surface area contributed by atoms with Crippen molar-refractivity contribution in [2.24, 2.45) is 11.3 Å². The van der Waals surface area contributed by atoms with Crippen molar-refractivity contribution >= 4 is 5.91 Å². The van der Waals surface area contributed by atoms with Crippen LogP contribution in [0.4, 0.5) is 0 Å². The van der Waals surface area contributed by atoms with Gasteiger partial charge in [-0.25, -0.2) is 0 Å². The van der Waals surface area contributed by atoms with Crippen molar-refractivity contribution in [3.63, 3.8) is 0 Å². The Morgan fingerprint density at radius 2 is 1.88 bits per heavy atom. The quantitative estimate of drug-likeness (QED) is 0.772. The molecule has 1 aliphatic rings. The molecule has 1 saturated carbocycles. The monoisotopic (exact) mass is 227 g/mol. The fraction of sp³-hybridized carbons (Fsp3) is 0.923. The van der Waals surface area contributed by atoms with Crippen LogP contribution in [0.1, 0.15) is 52.9 Å². The Morgan fingerprint density at radius 1 is 1.31 bits per heavy atom. The zero-order valence-electron chi connectivity index (χ0n) is 10.8. The van der Waals surface area contributed by atoms with Gasteiger partial charge >= 0.3 is 0 Å². The number of hydrogen-bond acceptors (Lipinski definition) is 2. The second-order valence-electron chi connectivity index (χ2n) is 5.74. The predicted molar refractivity (Wildman–Crippen MR) is 65.0 cm³/mol. The summed E-state index contributed by atoms with van der Waals surface area (Å²) in [6.45, 7) is 7.22. The van der Waals surface area contributed by atoms with Crippen molar-refractivity contribution in [1.29, 1.82) is 0 Å². The highest BCUT2D eigenvalue weighted by atomic mass is 16.3. The molecule has 0 saturated heterocycles. The average Bonchev–Trinajstić information content (AvgIpc) is 2.27. The van der Waals surface area contributed by atoms with E-state index in [0.29, 0.717) is 0 Å². The summed E-state index contributed by atoms with van der Waals surface area (Å²) in [5.74, 6) is 0.296. The molecule has 1 amide bonds. The van der Waals surface area contributed by atoms with Crippen molar-refractivity contribution in [2.75, 3.05) is 6.54 Å². The first-order chi connectivity index (χ1) is 7.44. The summed E-state index contributed by atoms with van der Waals surface area (Å²) in [7, 11) is 0. The first-order valence-electron chi connectivity index (χ1n) is 6.40. The van der Waals surface area contributed by atoms with E-state index in [9.17, 15) is 9.90 Å². The Morgan fingerprint density at radius 3 is 2.38 bits per heavy atom. The van der Waals surface area contributed by atoms with E-state index < -0.39 is 0 Å². The third-order valence-electron chi connectivity index (χ3n) is 3.77. The Kier molecular flexibility index (Phi) is 4.78. The highest BCUT2D eigenvalue weighted by Crippen LogP contribution is 2.25. The van der Waals surface area contributed by atoms with E-state index in [1.54, 1.807) is 0 Å². The number of nitrogens with one attached hydrogen (secondary N) is 1. The third kappa shape index (κ3) is 4.12. The Balaban J connectivity index is 2.30. The molecular formula is C13H25NO2. The van der Waals surface area contributed by atoms with E-state index in [2.05, 4.69) is 26.1 Å². The maximum atomic E-state index is 11.9. The van der Waals surface area contributed by atoms with Crippen LogP contribution in [0.15, 0.2) is 0 Å². The minimum absolute atomic E-state index is 0.121. The lowest BCUT2D eigenvalue weighted by atomic mass is 9.86. The summed E-state index contributed by atoms with van der Waals surface area (Å²) in [5, 5.41) is 12.4. The maximum absolute atomic E-state index is 11.9. The Labute approximate surface area is 98.6 Å². The summed E-state index contributed by atoms with van der Waals surface area (Å²) < 4.78 is 0. The SMILES string of the molecule is CCC(C)(C)CNC(=O)C1CCC(O)CC1. The molecule has 0 heterocycles. The second-order valence-corrected chi connectivity index (χ2v) is 5.74. The van der Waals surface area contributed by atoms with Crippen molar-refractivity contribution in [1.82, 2.24) is 5.32 Å². The lowest BCUT2D eigenvalue weighted by Crippen LogP contribution is -2.39. The molecule has 2 N–H and O–H groups in total. The zero-order chi connectivity index (χ0) is 12.2. The minimum Gasteiger partial charge on any atom is -0.393 e. The fourth-order valence-corrected chi connectivity index (χ4v) is 1.93. The largest absolute Gasteiger partial charge is 0.393 e. The molecule has 0 aromatic heterocycles. The van der Waals surface area contributed by atoms with Crippen LogP contribution in [0, 0.1) is 11.3 Å². The van der Waals surface area contributed by atoms with E-state index in [0.717, 1.165) is 38.6 Å². The highest BCUT2D eigenvalue weighted by molar-refractivity contribution is 5.78. The van der Waals surface area contributed by atoms with Crippen molar-refractivity contribution in [2.45, 2.75) is 59.0 Å². The van der Waals surface area contributed by atoms with Crippen LogP contribution in [0.25, 0.3) is 0 Å². The van der Waals surface area contributed by atoms with Gasteiger partial charge < -0.3 is 10.4 Å². The van der Waals surface area contributed by atoms with Crippen LogP contribution in [-0.2, 0) is 4.79 Å². The highest BCUT2D eigenvalue weighted by Gasteiger charge is 2.26. The van der Waals surface area contributed by atoms with Gasteiger partial charge in [-0.05, 0) is 37.5 Å². The van der Waals surface area contributed by atoms with Gasteiger partial charge in [0.15, 0.2) is 0 Å². The lowest BCUT2D eigenvalue weighted by molar-refractivity contribution is -0.127. The summed E-state index contributed by atoms with van der Waals surface area (Å²) in [6.07, 6.45) is 4.09. The Hall–Kier alpha value is -0.570. The van der Waals surface area contributed by atoms with Gasteiger partial charge in [0.2, 0.25) is 5.91 Å². The molecule has 0 bridgehead atoms. The van der Waals surface area contributed by atoms with Crippen molar-refractivity contribution in [3.05, 3.63) is 0 Å². The van der Waals surface area contributed by atoms with Crippen LogP contribution < -0.4 is 5.32 Å². The molecule has 0 radical (unpaired) electrons. The molecule has 0 atom stereocenters. The molecule has 3 nitrogen and oxygen atoms in total. The number of aliphatic hydroxyl groups excluding tert-OH is 1. The van der Waals surface area contributed by atoms with Gasteiger partial charge in [0.1, 0.15) is 0 Å². The molecule has 1 aliphatic carbocycles. The van der Waals surface area contributed by atoms with E-state index in [4.69, 9.17) is 0 Å². The Bertz CT molecular complexity index is 230. The normalized spacial score (nSPS) is 26.5. The molecule has 16 heavy (non-hydrogen) atoms. The molecular weight excluding hydrogens is 202 g/mol. The molecule has 0 spiro atoms. The van der Waals surface area contributed by atoms with Gasteiger partial charge in [-0.1, -0.05) is 20.8 Å². The number of rotatable bonds is 4.